The zero-order valence-corrected chi connectivity index (χ0v) is 15.8. The van der Waals surface area contributed by atoms with E-state index in [0.717, 1.165) is 11.8 Å². The first-order valence-electron chi connectivity index (χ1n) is 10.2. The molecule has 0 saturated heterocycles. The van der Waals surface area contributed by atoms with Gasteiger partial charge >= 0.3 is 0 Å². The van der Waals surface area contributed by atoms with Crippen LogP contribution in [0, 0.1) is 11.8 Å². The number of hydrogen-bond acceptors (Lipinski definition) is 0. The van der Waals surface area contributed by atoms with Crippen molar-refractivity contribution in [2.75, 3.05) is 0 Å². The fourth-order valence-corrected chi connectivity index (χ4v) is 3.36. The zero-order chi connectivity index (χ0) is 15.8. The highest BCUT2D eigenvalue weighted by Gasteiger charge is 2.12. The predicted molar refractivity (Wildman–Crippen MR) is 98.9 cm³/mol. The molecule has 0 aromatic rings. The first-order valence-corrected chi connectivity index (χ1v) is 10.2. The van der Waals surface area contributed by atoms with E-state index >= 15 is 0 Å². The zero-order valence-electron chi connectivity index (χ0n) is 15.8. The lowest BCUT2D eigenvalue weighted by molar-refractivity contribution is 0.313. The minimum atomic E-state index is 0.890. The molecule has 0 heterocycles. The van der Waals surface area contributed by atoms with Crippen molar-refractivity contribution >= 4 is 0 Å². The van der Waals surface area contributed by atoms with Crippen LogP contribution in [0.4, 0.5) is 0 Å². The number of unbranched alkanes of at least 4 members (excludes halogenated alkanes) is 11. The summed E-state index contributed by atoms with van der Waals surface area (Å²) in [6.07, 6.45) is 21.8. The lowest BCUT2D eigenvalue weighted by Crippen LogP contribution is -2.08. The van der Waals surface area contributed by atoms with E-state index in [1.54, 1.807) is 0 Å². The van der Waals surface area contributed by atoms with Gasteiger partial charge in [-0.3, -0.25) is 0 Å². The Morgan fingerprint density at radius 2 is 0.810 bits per heavy atom. The van der Waals surface area contributed by atoms with Crippen molar-refractivity contribution in [3.8, 4) is 0 Å². The van der Waals surface area contributed by atoms with E-state index in [1.807, 2.05) is 0 Å². The van der Waals surface area contributed by atoms with E-state index in [9.17, 15) is 0 Å². The van der Waals surface area contributed by atoms with Crippen LogP contribution in [0.1, 0.15) is 124 Å². The second-order valence-corrected chi connectivity index (χ2v) is 7.47. The molecule has 128 valence electrons. The number of hydrogen-bond donors (Lipinski definition) is 0. The van der Waals surface area contributed by atoms with Crippen molar-refractivity contribution in [2.45, 2.75) is 124 Å². The quantitative estimate of drug-likeness (QED) is 0.252. The van der Waals surface area contributed by atoms with Gasteiger partial charge < -0.3 is 0 Å². The molecule has 0 aromatic heterocycles. The average molecular weight is 297 g/mol. The van der Waals surface area contributed by atoms with Gasteiger partial charge in [-0.1, -0.05) is 124 Å². The molecule has 1 atom stereocenters. The summed E-state index contributed by atoms with van der Waals surface area (Å²) < 4.78 is 0. The summed E-state index contributed by atoms with van der Waals surface area (Å²) in [7, 11) is 0. The van der Waals surface area contributed by atoms with E-state index < -0.39 is 0 Å². The highest BCUT2D eigenvalue weighted by atomic mass is 14.2. The number of rotatable bonds is 16. The molecule has 0 rings (SSSR count). The van der Waals surface area contributed by atoms with Crippen molar-refractivity contribution in [1.82, 2.24) is 0 Å². The van der Waals surface area contributed by atoms with Gasteiger partial charge in [-0.05, 0) is 11.8 Å². The molecule has 0 aliphatic heterocycles. The molecule has 0 bridgehead atoms. The van der Waals surface area contributed by atoms with E-state index in [4.69, 9.17) is 0 Å². The molecule has 0 radical (unpaired) electrons. The summed E-state index contributed by atoms with van der Waals surface area (Å²) in [6.45, 7) is 9.47. The van der Waals surface area contributed by atoms with Gasteiger partial charge in [0, 0.05) is 0 Å². The summed E-state index contributed by atoms with van der Waals surface area (Å²) in [5, 5.41) is 0. The largest absolute Gasteiger partial charge is 0.0654 e. The van der Waals surface area contributed by atoms with Crippen LogP contribution in [-0.4, -0.2) is 0 Å². The van der Waals surface area contributed by atoms with E-state index in [1.165, 1.54) is 96.3 Å². The topological polar surface area (TPSA) is 0 Å². The molecule has 0 heteroatoms. The summed E-state index contributed by atoms with van der Waals surface area (Å²) in [4.78, 5) is 0. The Labute approximate surface area is 136 Å². The third kappa shape index (κ3) is 14.7. The Balaban J connectivity index is 3.47. The Kier molecular flexibility index (Phi) is 16.4. The minimum Gasteiger partial charge on any atom is -0.0654 e. The summed E-state index contributed by atoms with van der Waals surface area (Å²) in [6, 6.07) is 0. The molecule has 21 heavy (non-hydrogen) atoms. The molecule has 0 saturated carbocycles. The van der Waals surface area contributed by atoms with Gasteiger partial charge in [-0.15, -0.1) is 0 Å². The van der Waals surface area contributed by atoms with Gasteiger partial charge in [-0.2, -0.15) is 0 Å². The molecule has 0 N–H and O–H groups in total. The van der Waals surface area contributed by atoms with Gasteiger partial charge in [-0.25, -0.2) is 0 Å². The maximum absolute atomic E-state index is 2.43. The van der Waals surface area contributed by atoms with Crippen LogP contribution < -0.4 is 0 Å². The maximum Gasteiger partial charge on any atom is -0.0391 e. The molecule has 0 amide bonds. The lowest BCUT2D eigenvalue weighted by Gasteiger charge is -2.20. The normalized spacial score (nSPS) is 13.0. The highest BCUT2D eigenvalue weighted by Crippen LogP contribution is 2.25. The molecule has 0 aliphatic carbocycles. The van der Waals surface area contributed by atoms with Crippen molar-refractivity contribution in [2.24, 2.45) is 11.8 Å². The van der Waals surface area contributed by atoms with Crippen molar-refractivity contribution < 1.29 is 0 Å². The van der Waals surface area contributed by atoms with Crippen LogP contribution in [0.5, 0.6) is 0 Å². The van der Waals surface area contributed by atoms with Crippen LogP contribution in [0.25, 0.3) is 0 Å². The standard InChI is InChI=1S/C21H44/c1-5-7-9-11-12-13-15-17-19-21(20(3)4)18-16-14-10-8-6-2/h20-21H,5-19H2,1-4H3. The lowest BCUT2D eigenvalue weighted by atomic mass is 9.85. The van der Waals surface area contributed by atoms with Gasteiger partial charge in [0.15, 0.2) is 0 Å². The second-order valence-electron chi connectivity index (χ2n) is 7.47. The van der Waals surface area contributed by atoms with E-state index in [0.29, 0.717) is 0 Å². The molecule has 0 fully saturated rings. The first-order chi connectivity index (χ1) is 10.2. The highest BCUT2D eigenvalue weighted by molar-refractivity contribution is 4.64. The van der Waals surface area contributed by atoms with Crippen molar-refractivity contribution in [3.05, 3.63) is 0 Å². The Bertz CT molecular complexity index is 182. The Hall–Kier alpha value is 0. The second kappa shape index (κ2) is 16.4. The summed E-state index contributed by atoms with van der Waals surface area (Å²) in [5.41, 5.74) is 0. The Morgan fingerprint density at radius 3 is 1.14 bits per heavy atom. The van der Waals surface area contributed by atoms with Crippen molar-refractivity contribution in [3.63, 3.8) is 0 Å². The molecular weight excluding hydrogens is 252 g/mol. The molecule has 0 spiro atoms. The fraction of sp³-hybridized carbons (Fsp3) is 1.00. The van der Waals surface area contributed by atoms with Gasteiger partial charge in [0.25, 0.3) is 0 Å². The first kappa shape index (κ1) is 21.0. The summed E-state index contributed by atoms with van der Waals surface area (Å²) >= 11 is 0. The molecular formula is C21H44. The Morgan fingerprint density at radius 1 is 0.476 bits per heavy atom. The van der Waals surface area contributed by atoms with Crippen LogP contribution in [-0.2, 0) is 0 Å². The maximum atomic E-state index is 2.43. The van der Waals surface area contributed by atoms with Gasteiger partial charge in [0.1, 0.15) is 0 Å². The van der Waals surface area contributed by atoms with Crippen molar-refractivity contribution in [1.29, 1.82) is 0 Å². The average Bonchev–Trinajstić information content (AvgIpc) is 2.47. The smallest absolute Gasteiger partial charge is 0.0391 e. The van der Waals surface area contributed by atoms with Gasteiger partial charge in [0.05, 0.1) is 0 Å². The van der Waals surface area contributed by atoms with Gasteiger partial charge in [0.2, 0.25) is 0 Å². The molecule has 0 aliphatic rings. The fourth-order valence-electron chi connectivity index (χ4n) is 3.36. The third-order valence-corrected chi connectivity index (χ3v) is 5.05. The molecule has 0 aromatic carbocycles. The SMILES string of the molecule is CCCCCCCCCCC(CCCCCCC)C(C)C. The molecule has 1 unspecified atom stereocenters. The third-order valence-electron chi connectivity index (χ3n) is 5.05. The minimum absolute atomic E-state index is 0.890. The van der Waals surface area contributed by atoms with Crippen LogP contribution in [0.15, 0.2) is 0 Å². The van der Waals surface area contributed by atoms with E-state index in [-0.39, 0.29) is 0 Å². The molecule has 0 nitrogen and oxygen atoms in total. The predicted octanol–water partition coefficient (Wildman–Crippen LogP) is 8.15. The monoisotopic (exact) mass is 296 g/mol. The summed E-state index contributed by atoms with van der Waals surface area (Å²) in [5.74, 6) is 1.88. The van der Waals surface area contributed by atoms with Crippen LogP contribution in [0.2, 0.25) is 0 Å². The van der Waals surface area contributed by atoms with Crippen LogP contribution >= 0.6 is 0 Å². The van der Waals surface area contributed by atoms with E-state index in [2.05, 4.69) is 27.7 Å². The van der Waals surface area contributed by atoms with Crippen LogP contribution in [0.3, 0.4) is 0 Å².